The molecule has 2 aromatic carbocycles. The summed E-state index contributed by atoms with van der Waals surface area (Å²) in [5.74, 6) is 2.31. The van der Waals surface area contributed by atoms with E-state index in [1.54, 1.807) is 23.6 Å². The monoisotopic (exact) mass is 522 g/mol. The van der Waals surface area contributed by atoms with Crippen LogP contribution in [0.5, 0.6) is 11.5 Å². The minimum atomic E-state index is -0.535. The predicted octanol–water partition coefficient (Wildman–Crippen LogP) is 6.00. The van der Waals surface area contributed by atoms with Crippen LogP contribution in [0.15, 0.2) is 65.0 Å². The normalized spacial score (nSPS) is 14.8. The van der Waals surface area contributed by atoms with Gasteiger partial charge in [0.05, 0.1) is 18.8 Å². The number of fused-ring (bicyclic) bond motifs is 1. The van der Waals surface area contributed by atoms with Gasteiger partial charge in [0.2, 0.25) is 11.1 Å². The second kappa shape index (κ2) is 12.2. The molecule has 0 saturated carbocycles. The van der Waals surface area contributed by atoms with Crippen LogP contribution >= 0.6 is 11.8 Å². The van der Waals surface area contributed by atoms with Crippen molar-refractivity contribution < 1.29 is 19.0 Å². The van der Waals surface area contributed by atoms with Crippen molar-refractivity contribution in [3.63, 3.8) is 0 Å². The van der Waals surface area contributed by atoms with Gasteiger partial charge in [0.15, 0.2) is 11.5 Å². The summed E-state index contributed by atoms with van der Waals surface area (Å²) in [7, 11) is 1.61. The van der Waals surface area contributed by atoms with Crippen LogP contribution in [-0.4, -0.2) is 39.7 Å². The Kier molecular flexibility index (Phi) is 8.76. The summed E-state index contributed by atoms with van der Waals surface area (Å²) < 4.78 is 19.1. The zero-order valence-electron chi connectivity index (χ0n) is 22.0. The molecule has 1 aromatic heterocycles. The number of unbranched alkanes of at least 4 members (excludes halogenated alkanes) is 1. The van der Waals surface area contributed by atoms with Crippen molar-refractivity contribution >= 4 is 23.7 Å². The Labute approximate surface area is 222 Å². The molecule has 2 heterocycles. The highest BCUT2D eigenvalue weighted by Crippen LogP contribution is 2.40. The molecule has 1 atom stereocenters. The number of hydrogen-bond donors (Lipinski definition) is 1. The number of benzene rings is 2. The van der Waals surface area contributed by atoms with Gasteiger partial charge < -0.3 is 19.5 Å². The summed E-state index contributed by atoms with van der Waals surface area (Å²) in [6.07, 6.45) is 1.93. The molecular weight excluding hydrogens is 488 g/mol. The van der Waals surface area contributed by atoms with Gasteiger partial charge in [0.1, 0.15) is 12.6 Å². The maximum Gasteiger partial charge on any atom is 0.338 e. The fraction of sp³-hybridized carbons (Fsp3) is 0.393. The molecule has 9 heteroatoms. The lowest BCUT2D eigenvalue weighted by molar-refractivity contribution is -0.143. The first-order valence-corrected chi connectivity index (χ1v) is 13.5. The van der Waals surface area contributed by atoms with E-state index in [9.17, 15) is 4.79 Å². The molecule has 0 amide bonds. The smallest absolute Gasteiger partial charge is 0.338 e. The van der Waals surface area contributed by atoms with Gasteiger partial charge in [-0.1, -0.05) is 61.5 Å². The molecule has 0 bridgehead atoms. The third kappa shape index (κ3) is 6.28. The lowest BCUT2D eigenvalue weighted by atomic mass is 9.95. The Morgan fingerprint density at radius 3 is 2.65 bits per heavy atom. The zero-order valence-corrected chi connectivity index (χ0v) is 22.8. The number of thioether (sulfide) groups is 1. The van der Waals surface area contributed by atoms with E-state index >= 15 is 0 Å². The molecule has 3 aromatic rings. The number of nitrogens with one attached hydrogen (secondary N) is 1. The SMILES string of the molecule is CCCCSc1nc2n(n1)C(c1ccc(OCc3ccccc3)c(OC)c1)C(C(=O)OC(C)C)=C(C)N2. The number of aromatic nitrogens is 3. The molecule has 0 spiro atoms. The standard InChI is InChI=1S/C28H34N4O4S/c1-6-7-15-37-28-30-27-29-19(4)24(26(33)36-18(2)3)25(32(27)31-28)21-13-14-22(23(16-21)34-5)35-17-20-11-9-8-10-12-20/h8-14,16,18,25H,6-7,15,17H2,1-5H3,(H,29,30,31). The van der Waals surface area contributed by atoms with Crippen LogP contribution < -0.4 is 14.8 Å². The molecule has 4 rings (SSSR count). The van der Waals surface area contributed by atoms with E-state index in [1.807, 2.05) is 69.3 Å². The van der Waals surface area contributed by atoms with Gasteiger partial charge >= 0.3 is 5.97 Å². The summed E-state index contributed by atoms with van der Waals surface area (Å²) in [6, 6.07) is 15.1. The lowest BCUT2D eigenvalue weighted by Crippen LogP contribution is -2.30. The molecule has 0 fully saturated rings. The number of nitrogens with zero attached hydrogens (tertiary/aromatic N) is 3. The summed E-state index contributed by atoms with van der Waals surface area (Å²) in [5, 5.41) is 8.69. The van der Waals surface area contributed by atoms with E-state index < -0.39 is 12.0 Å². The fourth-order valence-corrected chi connectivity index (χ4v) is 4.97. The molecule has 0 aliphatic carbocycles. The van der Waals surface area contributed by atoms with Gasteiger partial charge in [-0.25, -0.2) is 9.48 Å². The first kappa shape index (κ1) is 26.6. The van der Waals surface area contributed by atoms with Crippen LogP contribution in [0.4, 0.5) is 5.95 Å². The van der Waals surface area contributed by atoms with Gasteiger partial charge in [-0.15, -0.1) is 5.10 Å². The van der Waals surface area contributed by atoms with Gasteiger partial charge in [-0.05, 0) is 50.5 Å². The van der Waals surface area contributed by atoms with E-state index in [0.717, 1.165) is 29.7 Å². The van der Waals surface area contributed by atoms with E-state index in [2.05, 4.69) is 17.2 Å². The molecule has 1 N–H and O–H groups in total. The predicted molar refractivity (Wildman–Crippen MR) is 145 cm³/mol. The van der Waals surface area contributed by atoms with Crippen LogP contribution in [0, 0.1) is 0 Å². The third-order valence-electron chi connectivity index (χ3n) is 5.87. The number of hydrogen-bond acceptors (Lipinski definition) is 8. The highest BCUT2D eigenvalue weighted by molar-refractivity contribution is 7.99. The average Bonchev–Trinajstić information content (AvgIpc) is 3.29. The minimum absolute atomic E-state index is 0.256. The topological polar surface area (TPSA) is 87.5 Å². The van der Waals surface area contributed by atoms with Crippen LogP contribution in [0.2, 0.25) is 0 Å². The van der Waals surface area contributed by atoms with Crippen LogP contribution in [0.3, 0.4) is 0 Å². The van der Waals surface area contributed by atoms with Crippen molar-refractivity contribution in [2.24, 2.45) is 0 Å². The Morgan fingerprint density at radius 1 is 1.16 bits per heavy atom. The number of rotatable bonds is 11. The van der Waals surface area contributed by atoms with Crippen LogP contribution in [-0.2, 0) is 16.1 Å². The summed E-state index contributed by atoms with van der Waals surface area (Å²) in [6.45, 7) is 8.11. The third-order valence-corrected chi connectivity index (χ3v) is 6.79. The number of ether oxygens (including phenoxy) is 3. The van der Waals surface area contributed by atoms with E-state index in [-0.39, 0.29) is 6.10 Å². The Balaban J connectivity index is 1.70. The maximum absolute atomic E-state index is 13.3. The van der Waals surface area contributed by atoms with Crippen LogP contribution in [0.25, 0.3) is 0 Å². The number of allylic oxidation sites excluding steroid dienone is 1. The van der Waals surface area contributed by atoms with Crippen molar-refractivity contribution in [2.45, 2.75) is 64.4 Å². The zero-order chi connectivity index (χ0) is 26.4. The first-order valence-electron chi connectivity index (χ1n) is 12.5. The summed E-state index contributed by atoms with van der Waals surface area (Å²) >= 11 is 1.61. The molecule has 37 heavy (non-hydrogen) atoms. The maximum atomic E-state index is 13.3. The summed E-state index contributed by atoms with van der Waals surface area (Å²) in [5.41, 5.74) is 3.04. The lowest BCUT2D eigenvalue weighted by Gasteiger charge is -2.29. The molecular formula is C28H34N4O4S. The number of carbonyl (C=O) groups is 1. The Bertz CT molecular complexity index is 1260. The fourth-order valence-electron chi connectivity index (χ4n) is 4.06. The molecule has 1 aliphatic rings. The van der Waals surface area contributed by atoms with Crippen molar-refractivity contribution in [3.05, 3.63) is 70.9 Å². The number of carbonyl (C=O) groups excluding carboxylic acids is 1. The van der Waals surface area contributed by atoms with Gasteiger partial charge in [0.25, 0.3) is 0 Å². The highest BCUT2D eigenvalue weighted by Gasteiger charge is 2.36. The van der Waals surface area contributed by atoms with Gasteiger partial charge in [-0.3, -0.25) is 0 Å². The second-order valence-electron chi connectivity index (χ2n) is 9.07. The molecule has 196 valence electrons. The quantitative estimate of drug-likeness (QED) is 0.186. The van der Waals surface area contributed by atoms with Crippen molar-refractivity contribution in [3.8, 4) is 11.5 Å². The van der Waals surface area contributed by atoms with Crippen molar-refractivity contribution in [2.75, 3.05) is 18.2 Å². The van der Waals surface area contributed by atoms with E-state index in [1.165, 1.54) is 0 Å². The van der Waals surface area contributed by atoms with E-state index in [4.69, 9.17) is 19.3 Å². The molecule has 0 saturated heterocycles. The number of methoxy groups -OCH3 is 1. The first-order chi connectivity index (χ1) is 17.9. The average molecular weight is 523 g/mol. The van der Waals surface area contributed by atoms with Gasteiger partial charge in [-0.2, -0.15) is 4.98 Å². The number of esters is 1. The largest absolute Gasteiger partial charge is 0.493 e. The highest BCUT2D eigenvalue weighted by atomic mass is 32.2. The second-order valence-corrected chi connectivity index (χ2v) is 10.1. The van der Waals surface area contributed by atoms with Crippen molar-refractivity contribution in [1.29, 1.82) is 0 Å². The Hall–Kier alpha value is -3.46. The molecule has 1 aliphatic heterocycles. The molecule has 0 radical (unpaired) electrons. The molecule has 1 unspecified atom stereocenters. The molecule has 8 nitrogen and oxygen atoms in total. The van der Waals surface area contributed by atoms with Gasteiger partial charge in [0, 0.05) is 11.4 Å². The van der Waals surface area contributed by atoms with Crippen molar-refractivity contribution in [1.82, 2.24) is 14.8 Å². The Morgan fingerprint density at radius 2 is 1.95 bits per heavy atom. The van der Waals surface area contributed by atoms with E-state index in [0.29, 0.717) is 40.5 Å². The number of anilines is 1. The minimum Gasteiger partial charge on any atom is -0.493 e. The van der Waals surface area contributed by atoms with Crippen LogP contribution in [0.1, 0.15) is 57.7 Å². The summed E-state index contributed by atoms with van der Waals surface area (Å²) in [4.78, 5) is 18.0.